The zero-order valence-corrected chi connectivity index (χ0v) is 11.4. The van der Waals surface area contributed by atoms with Gasteiger partial charge in [-0.3, -0.25) is 0 Å². The van der Waals surface area contributed by atoms with Gasteiger partial charge in [0, 0.05) is 26.3 Å². The molecule has 1 atom stereocenters. The van der Waals surface area contributed by atoms with Crippen molar-refractivity contribution >= 4 is 23.5 Å². The lowest BCUT2D eigenvalue weighted by Crippen LogP contribution is -2.31. The molecular formula is C11H18ClN5O. The van der Waals surface area contributed by atoms with E-state index in [4.69, 9.17) is 16.3 Å². The Morgan fingerprint density at radius 3 is 2.56 bits per heavy atom. The number of anilines is 2. The van der Waals surface area contributed by atoms with Crippen LogP contribution in [0.4, 0.5) is 11.9 Å². The molecule has 1 aliphatic heterocycles. The fourth-order valence-corrected chi connectivity index (χ4v) is 2.22. The summed E-state index contributed by atoms with van der Waals surface area (Å²) in [6.45, 7) is 3.79. The minimum atomic E-state index is 0.191. The molecule has 0 spiro atoms. The van der Waals surface area contributed by atoms with Crippen LogP contribution in [0.3, 0.4) is 0 Å². The highest BCUT2D eigenvalue weighted by molar-refractivity contribution is 6.28. The van der Waals surface area contributed by atoms with Gasteiger partial charge >= 0.3 is 0 Å². The molecule has 2 heterocycles. The number of aromatic nitrogens is 3. The Hall–Kier alpha value is -1.14. The summed E-state index contributed by atoms with van der Waals surface area (Å²) in [5, 5.41) is 6.33. The monoisotopic (exact) mass is 271 g/mol. The maximum absolute atomic E-state index is 5.84. The van der Waals surface area contributed by atoms with Gasteiger partial charge in [0.15, 0.2) is 0 Å². The number of ether oxygens (including phenoxy) is 1. The number of nitrogens with zero attached hydrogens (tertiary/aromatic N) is 3. The summed E-state index contributed by atoms with van der Waals surface area (Å²) in [5.74, 6) is 1.56. The van der Waals surface area contributed by atoms with Gasteiger partial charge in [0.25, 0.3) is 0 Å². The molecule has 18 heavy (non-hydrogen) atoms. The van der Waals surface area contributed by atoms with E-state index >= 15 is 0 Å². The molecule has 1 aromatic rings. The summed E-state index contributed by atoms with van der Waals surface area (Å²) in [6, 6.07) is 0.289. The predicted molar refractivity (Wildman–Crippen MR) is 71.0 cm³/mol. The molecule has 7 heteroatoms. The Morgan fingerprint density at radius 2 is 1.89 bits per heavy atom. The van der Waals surface area contributed by atoms with E-state index in [1.165, 1.54) is 0 Å². The molecule has 6 nitrogen and oxygen atoms in total. The maximum Gasteiger partial charge on any atom is 0.229 e. The SMILES string of the molecule is CNc1nc(Cl)nc(NC(C)C2CCOCC2)n1. The Balaban J connectivity index is 2.01. The molecule has 0 radical (unpaired) electrons. The van der Waals surface area contributed by atoms with Gasteiger partial charge in [-0.05, 0) is 37.3 Å². The van der Waals surface area contributed by atoms with Crippen LogP contribution in [0.1, 0.15) is 19.8 Å². The molecule has 100 valence electrons. The number of halogens is 1. The molecule has 0 saturated carbocycles. The normalized spacial score (nSPS) is 18.4. The van der Waals surface area contributed by atoms with Crippen molar-refractivity contribution < 1.29 is 4.74 Å². The quantitative estimate of drug-likeness (QED) is 0.870. The van der Waals surface area contributed by atoms with Crippen molar-refractivity contribution in [1.29, 1.82) is 0 Å². The molecule has 0 bridgehead atoms. The van der Waals surface area contributed by atoms with Gasteiger partial charge in [-0.2, -0.15) is 15.0 Å². The van der Waals surface area contributed by atoms with Crippen molar-refractivity contribution in [3.05, 3.63) is 5.28 Å². The first kappa shape index (κ1) is 13.3. The highest BCUT2D eigenvalue weighted by Crippen LogP contribution is 2.21. The Kier molecular flexibility index (Phi) is 4.54. The first-order valence-electron chi connectivity index (χ1n) is 6.12. The van der Waals surface area contributed by atoms with Gasteiger partial charge in [0.1, 0.15) is 0 Å². The van der Waals surface area contributed by atoms with Crippen LogP contribution in [0.15, 0.2) is 0 Å². The van der Waals surface area contributed by atoms with E-state index in [-0.39, 0.29) is 11.3 Å². The highest BCUT2D eigenvalue weighted by Gasteiger charge is 2.21. The first-order chi connectivity index (χ1) is 8.69. The number of hydrogen-bond donors (Lipinski definition) is 2. The van der Waals surface area contributed by atoms with Gasteiger partial charge in [-0.25, -0.2) is 0 Å². The molecular weight excluding hydrogens is 254 g/mol. The van der Waals surface area contributed by atoms with Gasteiger partial charge in [0.2, 0.25) is 17.2 Å². The van der Waals surface area contributed by atoms with E-state index in [0.29, 0.717) is 17.8 Å². The second-order valence-electron chi connectivity index (χ2n) is 4.38. The van der Waals surface area contributed by atoms with E-state index in [1.54, 1.807) is 7.05 Å². The molecule has 1 unspecified atom stereocenters. The first-order valence-corrected chi connectivity index (χ1v) is 6.50. The van der Waals surface area contributed by atoms with E-state index in [0.717, 1.165) is 26.1 Å². The third-order valence-electron chi connectivity index (χ3n) is 3.16. The number of hydrogen-bond acceptors (Lipinski definition) is 6. The lowest BCUT2D eigenvalue weighted by molar-refractivity contribution is 0.0621. The van der Waals surface area contributed by atoms with Gasteiger partial charge in [-0.15, -0.1) is 0 Å². The summed E-state index contributed by atoms with van der Waals surface area (Å²) in [6.07, 6.45) is 2.12. The molecule has 1 saturated heterocycles. The zero-order chi connectivity index (χ0) is 13.0. The zero-order valence-electron chi connectivity index (χ0n) is 10.6. The fraction of sp³-hybridized carbons (Fsp3) is 0.727. The lowest BCUT2D eigenvalue weighted by Gasteiger charge is -2.28. The lowest BCUT2D eigenvalue weighted by atomic mass is 9.93. The second-order valence-corrected chi connectivity index (χ2v) is 4.72. The Bertz CT molecular complexity index is 397. The highest BCUT2D eigenvalue weighted by atomic mass is 35.5. The minimum absolute atomic E-state index is 0.191. The van der Waals surface area contributed by atoms with Crippen molar-refractivity contribution in [2.75, 3.05) is 30.9 Å². The summed E-state index contributed by atoms with van der Waals surface area (Å²) in [4.78, 5) is 12.2. The van der Waals surface area contributed by atoms with Crippen molar-refractivity contribution in [1.82, 2.24) is 15.0 Å². The second kappa shape index (κ2) is 6.15. The third kappa shape index (κ3) is 3.43. The molecule has 2 N–H and O–H groups in total. The van der Waals surface area contributed by atoms with E-state index in [9.17, 15) is 0 Å². The third-order valence-corrected chi connectivity index (χ3v) is 3.33. The van der Waals surface area contributed by atoms with Gasteiger partial charge in [0.05, 0.1) is 0 Å². The van der Waals surface area contributed by atoms with Crippen LogP contribution in [0.5, 0.6) is 0 Å². The number of rotatable bonds is 4. The van der Waals surface area contributed by atoms with E-state index in [1.807, 2.05) is 0 Å². The largest absolute Gasteiger partial charge is 0.381 e. The predicted octanol–water partition coefficient (Wildman–Crippen LogP) is 1.79. The summed E-state index contributed by atoms with van der Waals surface area (Å²) < 4.78 is 5.36. The molecule has 0 aromatic carbocycles. The minimum Gasteiger partial charge on any atom is -0.381 e. The van der Waals surface area contributed by atoms with Crippen molar-refractivity contribution in [2.24, 2.45) is 5.92 Å². The van der Waals surface area contributed by atoms with Crippen molar-refractivity contribution in [3.8, 4) is 0 Å². The van der Waals surface area contributed by atoms with Crippen LogP contribution < -0.4 is 10.6 Å². The van der Waals surface area contributed by atoms with Crippen LogP contribution in [-0.4, -0.2) is 41.3 Å². The smallest absolute Gasteiger partial charge is 0.229 e. The Labute approximate surface area is 112 Å². The summed E-state index contributed by atoms with van der Waals surface area (Å²) in [7, 11) is 1.75. The molecule has 1 aromatic heterocycles. The van der Waals surface area contributed by atoms with Crippen LogP contribution in [0.2, 0.25) is 5.28 Å². The average Bonchev–Trinajstić information content (AvgIpc) is 2.39. The van der Waals surface area contributed by atoms with Crippen LogP contribution in [0, 0.1) is 5.92 Å². The number of nitrogens with one attached hydrogen (secondary N) is 2. The molecule has 1 fully saturated rings. The van der Waals surface area contributed by atoms with E-state index in [2.05, 4.69) is 32.5 Å². The van der Waals surface area contributed by atoms with Crippen molar-refractivity contribution in [3.63, 3.8) is 0 Å². The summed E-state index contributed by atoms with van der Waals surface area (Å²) in [5.41, 5.74) is 0. The average molecular weight is 272 g/mol. The maximum atomic E-state index is 5.84. The Morgan fingerprint density at radius 1 is 1.22 bits per heavy atom. The molecule has 2 rings (SSSR count). The van der Waals surface area contributed by atoms with Gasteiger partial charge < -0.3 is 15.4 Å². The molecule has 1 aliphatic rings. The molecule has 0 amide bonds. The summed E-state index contributed by atoms with van der Waals surface area (Å²) >= 11 is 5.84. The van der Waals surface area contributed by atoms with Gasteiger partial charge in [-0.1, -0.05) is 0 Å². The van der Waals surface area contributed by atoms with Crippen LogP contribution in [-0.2, 0) is 4.74 Å². The van der Waals surface area contributed by atoms with Crippen LogP contribution in [0.25, 0.3) is 0 Å². The van der Waals surface area contributed by atoms with E-state index < -0.39 is 0 Å². The molecule has 0 aliphatic carbocycles. The van der Waals surface area contributed by atoms with Crippen molar-refractivity contribution in [2.45, 2.75) is 25.8 Å². The standard InChI is InChI=1S/C11H18ClN5O/c1-7(8-3-5-18-6-4-8)14-11-16-9(12)15-10(13-2)17-11/h7-8H,3-6H2,1-2H3,(H2,13,14,15,16,17). The van der Waals surface area contributed by atoms with Crippen LogP contribution >= 0.6 is 11.6 Å². The fourth-order valence-electron chi connectivity index (χ4n) is 2.06. The topological polar surface area (TPSA) is 72.0 Å².